The quantitative estimate of drug-likeness (QED) is 0.866. The van der Waals surface area contributed by atoms with Crippen LogP contribution in [0, 0.1) is 12.7 Å². The van der Waals surface area contributed by atoms with Gasteiger partial charge in [-0.3, -0.25) is 4.79 Å². The Hall–Kier alpha value is -2.50. The molecule has 2 heterocycles. The van der Waals surface area contributed by atoms with E-state index in [2.05, 4.69) is 9.97 Å². The highest BCUT2D eigenvalue weighted by Gasteiger charge is 2.44. The van der Waals surface area contributed by atoms with Crippen molar-refractivity contribution in [2.45, 2.75) is 38.0 Å². The van der Waals surface area contributed by atoms with Gasteiger partial charge < -0.3 is 10.0 Å². The van der Waals surface area contributed by atoms with Crippen LogP contribution in [0.3, 0.4) is 0 Å². The fourth-order valence-electron chi connectivity index (χ4n) is 4.15. The Morgan fingerprint density at radius 1 is 1.36 bits per heavy atom. The monoisotopic (exact) mass is 341 g/mol. The predicted molar refractivity (Wildman–Crippen MR) is 90.0 cm³/mol. The van der Waals surface area contributed by atoms with Crippen LogP contribution >= 0.6 is 0 Å². The minimum absolute atomic E-state index is 0.119. The van der Waals surface area contributed by atoms with E-state index in [0.717, 1.165) is 43.3 Å². The molecule has 130 valence electrons. The largest absolute Gasteiger partial charge is 0.505 e. The van der Waals surface area contributed by atoms with Gasteiger partial charge >= 0.3 is 0 Å². The summed E-state index contributed by atoms with van der Waals surface area (Å²) in [6.07, 6.45) is 5.71. The van der Waals surface area contributed by atoms with Crippen molar-refractivity contribution in [2.75, 3.05) is 13.1 Å². The molecule has 25 heavy (non-hydrogen) atoms. The van der Waals surface area contributed by atoms with Gasteiger partial charge in [0.15, 0.2) is 11.6 Å². The molecular weight excluding hydrogens is 321 g/mol. The first-order chi connectivity index (χ1) is 12.0. The Kier molecular flexibility index (Phi) is 3.71. The van der Waals surface area contributed by atoms with Gasteiger partial charge in [0.25, 0.3) is 5.91 Å². The van der Waals surface area contributed by atoms with Crippen molar-refractivity contribution in [3.63, 3.8) is 0 Å². The Labute approximate surface area is 145 Å². The van der Waals surface area contributed by atoms with E-state index in [1.807, 2.05) is 13.1 Å². The molecule has 1 N–H and O–H groups in total. The van der Waals surface area contributed by atoms with E-state index < -0.39 is 11.6 Å². The summed E-state index contributed by atoms with van der Waals surface area (Å²) >= 11 is 0. The zero-order valence-corrected chi connectivity index (χ0v) is 14.1. The maximum Gasteiger partial charge on any atom is 0.253 e. The summed E-state index contributed by atoms with van der Waals surface area (Å²) < 4.78 is 13.6. The van der Waals surface area contributed by atoms with Crippen LogP contribution in [-0.4, -0.2) is 39.0 Å². The number of hydrogen-bond acceptors (Lipinski definition) is 4. The number of fused-ring (bicyclic) bond motifs is 2. The molecule has 0 saturated carbocycles. The molecule has 6 heteroatoms. The summed E-state index contributed by atoms with van der Waals surface area (Å²) in [6.45, 7) is 3.14. The molecule has 1 fully saturated rings. The topological polar surface area (TPSA) is 66.3 Å². The van der Waals surface area contributed by atoms with Crippen LogP contribution in [0.5, 0.6) is 5.75 Å². The van der Waals surface area contributed by atoms with Crippen LogP contribution in [0.25, 0.3) is 0 Å². The van der Waals surface area contributed by atoms with E-state index in [-0.39, 0.29) is 16.9 Å². The summed E-state index contributed by atoms with van der Waals surface area (Å²) in [4.78, 5) is 23.6. The maximum absolute atomic E-state index is 13.6. The second-order valence-corrected chi connectivity index (χ2v) is 7.07. The summed E-state index contributed by atoms with van der Waals surface area (Å²) in [5.74, 6) is -0.656. The zero-order chi connectivity index (χ0) is 17.6. The summed E-state index contributed by atoms with van der Waals surface area (Å²) in [5.41, 5.74) is 2.40. The molecule has 5 nitrogen and oxygen atoms in total. The first-order valence-corrected chi connectivity index (χ1v) is 8.59. The first kappa shape index (κ1) is 16.0. The molecule has 2 aliphatic rings. The number of carbonyl (C=O) groups excluding carboxylic acids is 1. The minimum atomic E-state index is -0.771. The average Bonchev–Trinajstić information content (AvgIpc) is 2.94. The lowest BCUT2D eigenvalue weighted by Gasteiger charge is -2.40. The molecule has 1 aliphatic carbocycles. The summed E-state index contributed by atoms with van der Waals surface area (Å²) in [5, 5.41) is 9.32. The average molecular weight is 341 g/mol. The number of carbonyl (C=O) groups is 1. The maximum atomic E-state index is 13.6. The van der Waals surface area contributed by atoms with Gasteiger partial charge in [-0.1, -0.05) is 0 Å². The summed E-state index contributed by atoms with van der Waals surface area (Å²) in [6, 6.07) is 3.80. The first-order valence-electron chi connectivity index (χ1n) is 8.59. The van der Waals surface area contributed by atoms with Crippen molar-refractivity contribution in [1.29, 1.82) is 0 Å². The van der Waals surface area contributed by atoms with Crippen LogP contribution in [0.4, 0.5) is 4.39 Å². The number of amides is 1. The Bertz CT molecular complexity index is 851. The standard InChI is InChI=1S/C19H20FN3O2/c1-12-21-10-14-5-7-19(17(14)22-12)6-2-8-23(11-19)18(25)13-3-4-16(24)15(20)9-13/h3-4,9-10,24H,2,5-8,11H2,1H3. The van der Waals surface area contributed by atoms with Crippen molar-refractivity contribution >= 4 is 5.91 Å². The van der Waals surface area contributed by atoms with Crippen LogP contribution in [0.2, 0.25) is 0 Å². The van der Waals surface area contributed by atoms with E-state index in [0.29, 0.717) is 13.1 Å². The van der Waals surface area contributed by atoms with Crippen molar-refractivity contribution in [1.82, 2.24) is 14.9 Å². The minimum Gasteiger partial charge on any atom is -0.505 e. The van der Waals surface area contributed by atoms with Gasteiger partial charge in [0.1, 0.15) is 5.82 Å². The fraction of sp³-hybridized carbons (Fsp3) is 0.421. The molecule has 1 aromatic carbocycles. The van der Waals surface area contributed by atoms with E-state index in [1.54, 1.807) is 4.90 Å². The lowest BCUT2D eigenvalue weighted by Crippen LogP contribution is -2.48. The lowest BCUT2D eigenvalue weighted by atomic mass is 9.77. The fourth-order valence-corrected chi connectivity index (χ4v) is 4.15. The number of benzene rings is 1. The number of aryl methyl sites for hydroxylation is 2. The molecular formula is C19H20FN3O2. The number of nitrogens with zero attached hydrogens (tertiary/aromatic N) is 3. The van der Waals surface area contributed by atoms with Gasteiger partial charge in [-0.25, -0.2) is 14.4 Å². The number of likely N-dealkylation sites (tertiary alicyclic amines) is 1. The number of piperidine rings is 1. The molecule has 1 unspecified atom stereocenters. The molecule has 1 saturated heterocycles. The molecule has 1 aliphatic heterocycles. The van der Waals surface area contributed by atoms with Gasteiger partial charge in [0.2, 0.25) is 0 Å². The van der Waals surface area contributed by atoms with E-state index in [4.69, 9.17) is 0 Å². The van der Waals surface area contributed by atoms with E-state index in [1.165, 1.54) is 17.7 Å². The van der Waals surface area contributed by atoms with Crippen molar-refractivity contribution in [3.8, 4) is 5.75 Å². The van der Waals surface area contributed by atoms with Gasteiger partial charge in [-0.05, 0) is 56.4 Å². The molecule has 0 bridgehead atoms. The van der Waals surface area contributed by atoms with E-state index >= 15 is 0 Å². The van der Waals surface area contributed by atoms with Crippen molar-refractivity contribution in [3.05, 3.63) is 52.9 Å². The number of aromatic nitrogens is 2. The molecule has 1 aromatic heterocycles. The molecule has 2 aromatic rings. The number of phenols is 1. The van der Waals surface area contributed by atoms with E-state index in [9.17, 15) is 14.3 Å². The third-order valence-corrected chi connectivity index (χ3v) is 5.42. The molecule has 4 rings (SSSR count). The molecule has 1 amide bonds. The molecule has 1 spiro atoms. The third-order valence-electron chi connectivity index (χ3n) is 5.42. The van der Waals surface area contributed by atoms with Crippen molar-refractivity contribution < 1.29 is 14.3 Å². The number of rotatable bonds is 1. The second-order valence-electron chi connectivity index (χ2n) is 7.07. The van der Waals surface area contributed by atoms with Gasteiger partial charge in [0.05, 0.1) is 5.69 Å². The smallest absolute Gasteiger partial charge is 0.253 e. The Balaban J connectivity index is 1.63. The third kappa shape index (κ3) is 2.65. The number of aromatic hydroxyl groups is 1. The van der Waals surface area contributed by atoms with Gasteiger partial charge in [0, 0.05) is 30.3 Å². The number of halogens is 1. The molecule has 1 atom stereocenters. The van der Waals surface area contributed by atoms with Crippen LogP contribution in [-0.2, 0) is 11.8 Å². The highest BCUT2D eigenvalue weighted by atomic mass is 19.1. The summed E-state index contributed by atoms with van der Waals surface area (Å²) in [7, 11) is 0. The Morgan fingerprint density at radius 3 is 3.00 bits per heavy atom. The van der Waals surface area contributed by atoms with Crippen LogP contribution in [0.1, 0.15) is 46.7 Å². The molecule has 0 radical (unpaired) electrons. The normalized spacial score (nSPS) is 22.2. The number of hydrogen-bond donors (Lipinski definition) is 1. The highest BCUT2D eigenvalue weighted by molar-refractivity contribution is 5.94. The van der Waals surface area contributed by atoms with Crippen LogP contribution < -0.4 is 0 Å². The SMILES string of the molecule is Cc1ncc2c(n1)C1(CCCN(C(=O)c3ccc(O)c(F)c3)C1)CC2. The number of phenolic OH excluding ortho intramolecular Hbond substituents is 1. The van der Waals surface area contributed by atoms with Crippen LogP contribution in [0.15, 0.2) is 24.4 Å². The van der Waals surface area contributed by atoms with Gasteiger partial charge in [-0.15, -0.1) is 0 Å². The lowest BCUT2D eigenvalue weighted by molar-refractivity contribution is 0.0633. The van der Waals surface area contributed by atoms with Crippen molar-refractivity contribution in [2.24, 2.45) is 0 Å². The highest BCUT2D eigenvalue weighted by Crippen LogP contribution is 2.44. The Morgan fingerprint density at radius 2 is 2.20 bits per heavy atom. The predicted octanol–water partition coefficient (Wildman–Crippen LogP) is 2.75. The second kappa shape index (κ2) is 5.79. The van der Waals surface area contributed by atoms with Gasteiger partial charge in [-0.2, -0.15) is 0 Å². The zero-order valence-electron chi connectivity index (χ0n) is 14.1.